The summed E-state index contributed by atoms with van der Waals surface area (Å²) >= 11 is 0. The number of aryl methyl sites for hydroxylation is 1. The average Bonchev–Trinajstić information content (AvgIpc) is 2.77. The normalized spacial score (nSPS) is 28.2. The molecule has 0 spiro atoms. The van der Waals surface area contributed by atoms with Crippen molar-refractivity contribution >= 4 is 17.5 Å². The second-order valence-corrected chi connectivity index (χ2v) is 10.0. The molecule has 3 aliphatic rings. The molecule has 9 nitrogen and oxygen atoms in total. The average molecular weight is 485 g/mol. The summed E-state index contributed by atoms with van der Waals surface area (Å²) in [5.41, 5.74) is 3.51. The number of aromatic hydroxyl groups is 1. The predicted octanol–water partition coefficient (Wildman–Crippen LogP) is 1.85. The molecule has 0 aliphatic heterocycles. The third-order valence-electron chi connectivity index (χ3n) is 7.75. The molecule has 1 aromatic carbocycles. The van der Waals surface area contributed by atoms with Gasteiger partial charge in [-0.2, -0.15) is 0 Å². The Balaban J connectivity index is 1.89. The molecule has 1 unspecified atom stereocenters. The van der Waals surface area contributed by atoms with Gasteiger partial charge >= 0.3 is 0 Å². The quantitative estimate of drug-likeness (QED) is 0.302. The van der Waals surface area contributed by atoms with Crippen LogP contribution < -0.4 is 5.73 Å². The summed E-state index contributed by atoms with van der Waals surface area (Å²) in [6.07, 6.45) is 4.13. The number of phenols is 1. The van der Waals surface area contributed by atoms with Gasteiger partial charge in [0.05, 0.1) is 11.6 Å². The molecular weight excluding hydrogens is 452 g/mol. The molecule has 0 aromatic heterocycles. The lowest BCUT2D eigenvalue weighted by molar-refractivity contribution is -0.148. The number of amides is 1. The van der Waals surface area contributed by atoms with E-state index in [1.165, 1.54) is 6.07 Å². The molecule has 1 aromatic rings. The number of nitrogens with two attached hydrogens (primary N) is 1. The lowest BCUT2D eigenvalue weighted by Crippen LogP contribution is -2.63. The zero-order valence-corrected chi connectivity index (χ0v) is 20.2. The number of aliphatic hydroxyl groups excluding tert-OH is 2. The summed E-state index contributed by atoms with van der Waals surface area (Å²) in [7, 11) is 3.22. The van der Waals surface area contributed by atoms with Crippen molar-refractivity contribution in [1.82, 2.24) is 4.90 Å². The number of primary amides is 1. The van der Waals surface area contributed by atoms with Crippen molar-refractivity contribution in [2.45, 2.75) is 57.1 Å². The third-order valence-corrected chi connectivity index (χ3v) is 7.75. The number of likely N-dealkylation sites (N-methyl/N-ethyl adjacent to an activating group) is 1. The number of rotatable bonds is 6. The van der Waals surface area contributed by atoms with Crippen molar-refractivity contribution in [3.63, 3.8) is 0 Å². The first-order chi connectivity index (χ1) is 16.5. The van der Waals surface area contributed by atoms with Crippen molar-refractivity contribution in [3.05, 3.63) is 51.5 Å². The topological polar surface area (TPSA) is 161 Å². The van der Waals surface area contributed by atoms with Crippen molar-refractivity contribution in [2.24, 2.45) is 17.6 Å². The second-order valence-electron chi connectivity index (χ2n) is 10.0. The van der Waals surface area contributed by atoms with E-state index in [1.54, 1.807) is 19.0 Å². The number of unbranched alkanes of at least 4 members (excludes halogenated alkanes) is 2. The first kappa shape index (κ1) is 24.9. The highest BCUT2D eigenvalue weighted by atomic mass is 16.3. The van der Waals surface area contributed by atoms with Gasteiger partial charge in [-0.05, 0) is 62.9 Å². The molecule has 0 saturated heterocycles. The van der Waals surface area contributed by atoms with Crippen LogP contribution in [-0.4, -0.2) is 68.5 Å². The fraction of sp³-hybridized carbons (Fsp3) is 0.500. The number of Topliss-reactive ketones (excluding diaryl/α,β-unsaturated/α-hetero) is 2. The molecule has 4 rings (SSSR count). The molecule has 35 heavy (non-hydrogen) atoms. The van der Waals surface area contributed by atoms with Gasteiger partial charge < -0.3 is 26.2 Å². The molecule has 9 heteroatoms. The summed E-state index contributed by atoms with van der Waals surface area (Å²) in [5.74, 6) is -6.32. The van der Waals surface area contributed by atoms with E-state index >= 15 is 0 Å². The van der Waals surface area contributed by atoms with Crippen LogP contribution >= 0.6 is 0 Å². The molecule has 4 atom stereocenters. The van der Waals surface area contributed by atoms with Crippen LogP contribution in [-0.2, 0) is 22.4 Å². The van der Waals surface area contributed by atoms with E-state index in [2.05, 4.69) is 6.92 Å². The fourth-order valence-electron chi connectivity index (χ4n) is 6.11. The highest BCUT2D eigenvalue weighted by molar-refractivity contribution is 6.24. The van der Waals surface area contributed by atoms with E-state index in [0.717, 1.165) is 31.2 Å². The van der Waals surface area contributed by atoms with Gasteiger partial charge in [0.1, 0.15) is 22.8 Å². The number of carbonyl (C=O) groups is 3. The van der Waals surface area contributed by atoms with Crippen LogP contribution in [0.4, 0.5) is 0 Å². The number of phenolic OH excluding ortho intramolecular Hbond substituents is 1. The minimum atomic E-state index is -2.61. The third kappa shape index (κ3) is 3.56. The van der Waals surface area contributed by atoms with Crippen LogP contribution in [0, 0.1) is 11.8 Å². The lowest BCUT2D eigenvalue weighted by Gasteiger charge is -2.50. The molecule has 1 amide bonds. The Bertz CT molecular complexity index is 1180. The van der Waals surface area contributed by atoms with E-state index in [-0.39, 0.29) is 23.3 Å². The summed E-state index contributed by atoms with van der Waals surface area (Å²) in [4.78, 5) is 40.4. The zero-order chi connectivity index (χ0) is 25.8. The number of benzene rings is 1. The minimum absolute atomic E-state index is 0.0692. The summed E-state index contributed by atoms with van der Waals surface area (Å²) in [6, 6.07) is 2.27. The number of aliphatic hydroxyl groups is 3. The molecule has 0 heterocycles. The van der Waals surface area contributed by atoms with Crippen LogP contribution in [0.15, 0.2) is 34.8 Å². The number of hydrogen-bond acceptors (Lipinski definition) is 8. The monoisotopic (exact) mass is 484 g/mol. The van der Waals surface area contributed by atoms with E-state index < -0.39 is 58.0 Å². The molecular formula is C26H32N2O7. The number of nitrogens with zero attached hydrogens (tertiary/aromatic N) is 1. The minimum Gasteiger partial charge on any atom is -0.510 e. The number of hydrogen-bond donors (Lipinski definition) is 5. The van der Waals surface area contributed by atoms with Gasteiger partial charge in [0.2, 0.25) is 5.78 Å². The first-order valence-electron chi connectivity index (χ1n) is 11.9. The van der Waals surface area contributed by atoms with E-state index in [9.17, 15) is 34.8 Å². The van der Waals surface area contributed by atoms with Crippen LogP contribution in [0.2, 0.25) is 0 Å². The van der Waals surface area contributed by atoms with Crippen molar-refractivity contribution in [1.29, 1.82) is 0 Å². The lowest BCUT2D eigenvalue weighted by atomic mass is 9.58. The second kappa shape index (κ2) is 8.80. The van der Waals surface area contributed by atoms with Crippen molar-refractivity contribution < 1.29 is 34.8 Å². The van der Waals surface area contributed by atoms with Gasteiger partial charge in [-0.3, -0.25) is 19.3 Å². The van der Waals surface area contributed by atoms with Crippen LogP contribution in [0.3, 0.4) is 0 Å². The number of carbonyl (C=O) groups excluding carboxylic acids is 3. The predicted molar refractivity (Wildman–Crippen MR) is 127 cm³/mol. The summed E-state index contributed by atoms with van der Waals surface area (Å²) in [5, 5.41) is 44.2. The number of ketones is 2. The molecule has 0 saturated carbocycles. The number of allylic oxidation sites excluding steroid dienone is 1. The van der Waals surface area contributed by atoms with Crippen LogP contribution in [0.25, 0.3) is 0 Å². The van der Waals surface area contributed by atoms with Gasteiger partial charge in [0, 0.05) is 11.5 Å². The molecule has 0 bridgehead atoms. The van der Waals surface area contributed by atoms with Crippen LogP contribution in [0.5, 0.6) is 5.75 Å². The van der Waals surface area contributed by atoms with E-state index in [1.807, 2.05) is 6.07 Å². The SMILES string of the molecule is CCCCCc1ccc(O)c2c1C[C@H]1C[C@H]3C(N(C)C)C(O)=C(C(N)=O)C(=O)[C@@]3(O)C(O)=C1C2=O. The molecule has 0 radical (unpaired) electrons. The largest absolute Gasteiger partial charge is 0.510 e. The van der Waals surface area contributed by atoms with Crippen molar-refractivity contribution in [2.75, 3.05) is 14.1 Å². The summed E-state index contributed by atoms with van der Waals surface area (Å²) in [6.45, 7) is 2.10. The van der Waals surface area contributed by atoms with Gasteiger partial charge in [-0.15, -0.1) is 0 Å². The highest BCUT2D eigenvalue weighted by Gasteiger charge is 2.63. The number of fused-ring (bicyclic) bond motifs is 3. The molecule has 188 valence electrons. The Hall–Kier alpha value is -3.17. The maximum absolute atomic E-state index is 13.6. The Kier molecular flexibility index (Phi) is 6.27. The standard InChI is InChI=1S/C26H32N2O7/c1-4-5-6-7-12-8-9-16(29)18-14(12)10-13-11-15-20(28(2)3)22(31)19(25(27)34)24(33)26(15,35)23(32)17(13)21(18)30/h8-9,13,15,20,29,31-32,35H,4-7,10-11H2,1-3H3,(H2,27,34)/t13-,15-,20?,26-/m0/s1. The van der Waals surface area contributed by atoms with Gasteiger partial charge in [-0.1, -0.05) is 25.8 Å². The smallest absolute Gasteiger partial charge is 0.255 e. The van der Waals surface area contributed by atoms with E-state index in [4.69, 9.17) is 5.73 Å². The highest BCUT2D eigenvalue weighted by Crippen LogP contribution is 2.52. The Labute approximate surface area is 203 Å². The molecule has 0 fully saturated rings. The summed E-state index contributed by atoms with van der Waals surface area (Å²) < 4.78 is 0. The van der Waals surface area contributed by atoms with Gasteiger partial charge in [0.15, 0.2) is 11.4 Å². The molecule has 3 aliphatic carbocycles. The van der Waals surface area contributed by atoms with Crippen molar-refractivity contribution in [3.8, 4) is 5.75 Å². The van der Waals surface area contributed by atoms with E-state index in [0.29, 0.717) is 12.0 Å². The first-order valence-corrected chi connectivity index (χ1v) is 11.9. The molecule has 6 N–H and O–H groups in total. The van der Waals surface area contributed by atoms with Crippen LogP contribution in [0.1, 0.15) is 54.1 Å². The maximum Gasteiger partial charge on any atom is 0.255 e. The zero-order valence-electron chi connectivity index (χ0n) is 20.2. The van der Waals surface area contributed by atoms with Gasteiger partial charge in [-0.25, -0.2) is 0 Å². The maximum atomic E-state index is 13.6. The fourth-order valence-corrected chi connectivity index (χ4v) is 6.11. The Morgan fingerprint density at radius 3 is 2.46 bits per heavy atom. The Morgan fingerprint density at radius 2 is 1.86 bits per heavy atom. The van der Waals surface area contributed by atoms with Gasteiger partial charge in [0.25, 0.3) is 5.91 Å². The Morgan fingerprint density at radius 1 is 1.17 bits per heavy atom.